The topological polar surface area (TPSA) is 29.5 Å². The summed E-state index contributed by atoms with van der Waals surface area (Å²) in [5.74, 6) is 0.478. The maximum atomic E-state index is 14.2. The summed E-state index contributed by atoms with van der Waals surface area (Å²) in [7, 11) is 1.64. The SMILES string of the molecule is COc1ccc2c(c1)CCCN2C(=O)c1sc2cccc(F)c2c1C. The van der Waals surface area contributed by atoms with Gasteiger partial charge in [0.2, 0.25) is 0 Å². The summed E-state index contributed by atoms with van der Waals surface area (Å²) < 4.78 is 20.3. The molecule has 0 unspecified atom stereocenters. The lowest BCUT2D eigenvalue weighted by atomic mass is 10.0. The first-order valence-corrected chi connectivity index (χ1v) is 9.08. The van der Waals surface area contributed by atoms with Crippen molar-refractivity contribution in [3.63, 3.8) is 0 Å². The summed E-state index contributed by atoms with van der Waals surface area (Å²) in [4.78, 5) is 15.6. The van der Waals surface area contributed by atoms with Crippen LogP contribution in [0.5, 0.6) is 5.75 Å². The van der Waals surface area contributed by atoms with Crippen LogP contribution in [0.25, 0.3) is 10.1 Å². The third-order valence-corrected chi connectivity index (χ3v) is 5.99. The number of fused-ring (bicyclic) bond motifs is 2. The number of nitrogens with zero attached hydrogens (tertiary/aromatic N) is 1. The highest BCUT2D eigenvalue weighted by Crippen LogP contribution is 2.36. The molecule has 0 bridgehead atoms. The lowest BCUT2D eigenvalue weighted by Gasteiger charge is -2.29. The third kappa shape index (κ3) is 2.59. The number of carbonyl (C=O) groups is 1. The zero-order valence-electron chi connectivity index (χ0n) is 14.1. The molecular weight excluding hydrogens is 337 g/mol. The molecule has 2 heterocycles. The smallest absolute Gasteiger partial charge is 0.268 e. The van der Waals surface area contributed by atoms with Crippen LogP contribution in [-0.4, -0.2) is 19.6 Å². The Kier molecular flexibility index (Phi) is 3.96. The number of hydrogen-bond acceptors (Lipinski definition) is 3. The number of thiophene rings is 1. The second-order valence-corrected chi connectivity index (χ2v) is 7.28. The van der Waals surface area contributed by atoms with Crippen molar-refractivity contribution < 1.29 is 13.9 Å². The Labute approximate surface area is 149 Å². The van der Waals surface area contributed by atoms with Gasteiger partial charge in [0.1, 0.15) is 11.6 Å². The van der Waals surface area contributed by atoms with Gasteiger partial charge in [-0.1, -0.05) is 6.07 Å². The van der Waals surface area contributed by atoms with E-state index in [1.54, 1.807) is 13.2 Å². The lowest BCUT2D eigenvalue weighted by molar-refractivity contribution is 0.0988. The maximum Gasteiger partial charge on any atom is 0.268 e. The number of anilines is 1. The summed E-state index contributed by atoms with van der Waals surface area (Å²) in [5.41, 5.74) is 2.77. The number of halogens is 1. The number of amides is 1. The third-order valence-electron chi connectivity index (χ3n) is 4.75. The van der Waals surface area contributed by atoms with E-state index in [1.165, 1.54) is 17.4 Å². The second kappa shape index (κ2) is 6.15. The Morgan fingerprint density at radius 1 is 1.28 bits per heavy atom. The predicted molar refractivity (Wildman–Crippen MR) is 99.5 cm³/mol. The quantitative estimate of drug-likeness (QED) is 0.651. The molecule has 0 saturated heterocycles. The van der Waals surface area contributed by atoms with Crippen molar-refractivity contribution in [3.05, 3.63) is 58.2 Å². The molecular formula is C20H18FNO2S. The average molecular weight is 355 g/mol. The van der Waals surface area contributed by atoms with Crippen molar-refractivity contribution in [3.8, 4) is 5.75 Å². The van der Waals surface area contributed by atoms with E-state index in [-0.39, 0.29) is 11.7 Å². The number of benzene rings is 2. The molecule has 0 N–H and O–H groups in total. The summed E-state index contributed by atoms with van der Waals surface area (Å²) in [6, 6.07) is 10.8. The molecule has 3 nitrogen and oxygen atoms in total. The molecule has 3 aromatic rings. The molecule has 0 saturated carbocycles. The Bertz CT molecular complexity index is 979. The molecule has 0 spiro atoms. The minimum absolute atomic E-state index is 0.0517. The number of ether oxygens (including phenoxy) is 1. The Balaban J connectivity index is 1.78. The molecule has 0 fully saturated rings. The Hall–Kier alpha value is -2.40. The average Bonchev–Trinajstić information content (AvgIpc) is 2.98. The van der Waals surface area contributed by atoms with Gasteiger partial charge in [-0.05, 0) is 61.2 Å². The number of carbonyl (C=O) groups excluding carboxylic acids is 1. The Morgan fingerprint density at radius 2 is 2.12 bits per heavy atom. The first-order valence-electron chi connectivity index (χ1n) is 8.26. The van der Waals surface area contributed by atoms with Gasteiger partial charge in [0.05, 0.1) is 12.0 Å². The van der Waals surface area contributed by atoms with E-state index in [0.717, 1.165) is 40.1 Å². The highest BCUT2D eigenvalue weighted by atomic mass is 32.1. The number of rotatable bonds is 2. The van der Waals surface area contributed by atoms with Gasteiger partial charge in [-0.25, -0.2) is 4.39 Å². The van der Waals surface area contributed by atoms with Crippen molar-refractivity contribution in [2.24, 2.45) is 0 Å². The fraction of sp³-hybridized carbons (Fsp3) is 0.250. The lowest BCUT2D eigenvalue weighted by Crippen LogP contribution is -2.35. The molecule has 128 valence electrons. The first kappa shape index (κ1) is 16.1. The molecule has 0 radical (unpaired) electrons. The fourth-order valence-corrected chi connectivity index (χ4v) is 4.66. The number of methoxy groups -OCH3 is 1. The molecule has 1 aromatic heterocycles. The van der Waals surface area contributed by atoms with E-state index >= 15 is 0 Å². The summed E-state index contributed by atoms with van der Waals surface area (Å²) >= 11 is 1.37. The van der Waals surface area contributed by atoms with Crippen LogP contribution in [0, 0.1) is 12.7 Å². The van der Waals surface area contributed by atoms with Gasteiger partial charge >= 0.3 is 0 Å². The van der Waals surface area contributed by atoms with E-state index in [4.69, 9.17) is 4.74 Å². The zero-order chi connectivity index (χ0) is 17.6. The molecule has 0 atom stereocenters. The van der Waals surface area contributed by atoms with Crippen LogP contribution in [0.1, 0.15) is 27.2 Å². The molecule has 2 aromatic carbocycles. The molecule has 25 heavy (non-hydrogen) atoms. The van der Waals surface area contributed by atoms with E-state index in [0.29, 0.717) is 16.8 Å². The highest BCUT2D eigenvalue weighted by molar-refractivity contribution is 7.21. The largest absolute Gasteiger partial charge is 0.497 e. The van der Waals surface area contributed by atoms with Crippen LogP contribution < -0.4 is 9.64 Å². The van der Waals surface area contributed by atoms with Crippen molar-refractivity contribution in [2.45, 2.75) is 19.8 Å². The summed E-state index contributed by atoms with van der Waals surface area (Å²) in [6.07, 6.45) is 1.83. The van der Waals surface area contributed by atoms with E-state index < -0.39 is 0 Å². The molecule has 0 aliphatic carbocycles. The van der Waals surface area contributed by atoms with Gasteiger partial charge in [-0.2, -0.15) is 0 Å². The molecule has 5 heteroatoms. The fourth-order valence-electron chi connectivity index (χ4n) is 3.49. The predicted octanol–water partition coefficient (Wildman–Crippen LogP) is 4.95. The zero-order valence-corrected chi connectivity index (χ0v) is 15.0. The van der Waals surface area contributed by atoms with Gasteiger partial charge in [0.25, 0.3) is 5.91 Å². The van der Waals surface area contributed by atoms with Crippen molar-refractivity contribution in [2.75, 3.05) is 18.6 Å². The van der Waals surface area contributed by atoms with Gasteiger partial charge < -0.3 is 9.64 Å². The molecule has 1 amide bonds. The maximum absolute atomic E-state index is 14.2. The minimum atomic E-state index is -0.269. The second-order valence-electron chi connectivity index (χ2n) is 6.22. The Morgan fingerprint density at radius 3 is 2.88 bits per heavy atom. The normalized spacial score (nSPS) is 13.8. The standard InChI is InChI=1S/C20H18FNO2S/c1-12-18-15(21)6-3-7-17(18)25-19(12)20(23)22-10-4-5-13-11-14(24-2)8-9-16(13)22/h3,6-9,11H,4-5,10H2,1-2H3. The monoisotopic (exact) mass is 355 g/mol. The molecule has 1 aliphatic rings. The van der Waals surface area contributed by atoms with Gasteiger partial charge in [0, 0.05) is 22.3 Å². The van der Waals surface area contributed by atoms with Crippen LogP contribution in [-0.2, 0) is 6.42 Å². The van der Waals surface area contributed by atoms with Crippen LogP contribution in [0.3, 0.4) is 0 Å². The van der Waals surface area contributed by atoms with Crippen molar-refractivity contribution in [1.29, 1.82) is 0 Å². The number of aryl methyl sites for hydroxylation is 2. The number of hydrogen-bond donors (Lipinski definition) is 0. The van der Waals surface area contributed by atoms with Crippen molar-refractivity contribution >= 4 is 33.0 Å². The molecule has 4 rings (SSSR count). The van der Waals surface area contributed by atoms with Gasteiger partial charge in [0.15, 0.2) is 0 Å². The molecule has 1 aliphatic heterocycles. The summed E-state index contributed by atoms with van der Waals surface area (Å²) in [6.45, 7) is 2.50. The highest BCUT2D eigenvalue weighted by Gasteiger charge is 2.27. The van der Waals surface area contributed by atoms with E-state index in [1.807, 2.05) is 36.1 Å². The van der Waals surface area contributed by atoms with Gasteiger partial charge in [-0.3, -0.25) is 4.79 Å². The van der Waals surface area contributed by atoms with Gasteiger partial charge in [-0.15, -0.1) is 11.3 Å². The van der Waals surface area contributed by atoms with Crippen molar-refractivity contribution in [1.82, 2.24) is 0 Å². The summed E-state index contributed by atoms with van der Waals surface area (Å²) in [5, 5.41) is 0.558. The minimum Gasteiger partial charge on any atom is -0.497 e. The van der Waals surface area contributed by atoms with E-state index in [2.05, 4.69) is 0 Å². The van der Waals surface area contributed by atoms with Crippen LogP contribution >= 0.6 is 11.3 Å². The first-order chi connectivity index (χ1) is 12.1. The van der Waals surface area contributed by atoms with E-state index in [9.17, 15) is 9.18 Å². The van der Waals surface area contributed by atoms with Crippen LogP contribution in [0.15, 0.2) is 36.4 Å². The van der Waals surface area contributed by atoms with Crippen LogP contribution in [0.2, 0.25) is 0 Å². The van der Waals surface area contributed by atoms with Crippen LogP contribution in [0.4, 0.5) is 10.1 Å².